The maximum absolute atomic E-state index is 11.9. The number of carbonyl (C=O) groups is 2. The third-order valence-electron chi connectivity index (χ3n) is 3.78. The van der Waals surface area contributed by atoms with Gasteiger partial charge in [0.15, 0.2) is 0 Å². The van der Waals surface area contributed by atoms with E-state index in [-0.39, 0.29) is 28.5 Å². The third-order valence-corrected chi connectivity index (χ3v) is 4.41. The summed E-state index contributed by atoms with van der Waals surface area (Å²) in [6.45, 7) is 0. The number of rotatable bonds is 1. The number of phenols is 1. The Morgan fingerprint density at radius 1 is 1.15 bits per heavy atom. The van der Waals surface area contributed by atoms with E-state index in [9.17, 15) is 14.7 Å². The summed E-state index contributed by atoms with van der Waals surface area (Å²) in [5, 5.41) is 12.6. The van der Waals surface area contributed by atoms with E-state index < -0.39 is 0 Å². The lowest BCUT2D eigenvalue weighted by atomic mass is 9.79. The van der Waals surface area contributed by atoms with Crippen molar-refractivity contribution in [3.63, 3.8) is 0 Å². The Balaban J connectivity index is 2.13. The lowest BCUT2D eigenvalue weighted by Gasteiger charge is -2.24. The molecule has 0 radical (unpaired) electrons. The van der Waals surface area contributed by atoms with Gasteiger partial charge in [-0.1, -0.05) is 23.2 Å². The summed E-state index contributed by atoms with van der Waals surface area (Å²) < 4.78 is 0. The molecule has 2 N–H and O–H groups in total. The van der Waals surface area contributed by atoms with E-state index in [0.29, 0.717) is 34.6 Å². The van der Waals surface area contributed by atoms with Crippen LogP contribution in [0.25, 0.3) is 0 Å². The van der Waals surface area contributed by atoms with Gasteiger partial charge < -0.3 is 5.11 Å². The molecule has 2 amide bonds. The molecule has 1 heterocycles. The smallest absolute Gasteiger partial charge is 0.255 e. The molecule has 3 rings (SSSR count). The van der Waals surface area contributed by atoms with Gasteiger partial charge in [0.1, 0.15) is 5.75 Å². The SMILES string of the molecule is O=C1NC(=O)C2=C1CCCC2c1cc(O)c(Cl)cc1Cl. The van der Waals surface area contributed by atoms with Crippen LogP contribution < -0.4 is 5.32 Å². The van der Waals surface area contributed by atoms with Gasteiger partial charge in [0.25, 0.3) is 11.8 Å². The number of halogens is 2. The maximum atomic E-state index is 11.9. The van der Waals surface area contributed by atoms with Gasteiger partial charge in [0, 0.05) is 22.1 Å². The molecule has 1 atom stereocenters. The Kier molecular flexibility index (Phi) is 3.22. The van der Waals surface area contributed by atoms with Crippen LogP contribution in [0.1, 0.15) is 30.7 Å². The second-order valence-corrected chi connectivity index (χ2v) is 5.76. The highest BCUT2D eigenvalue weighted by atomic mass is 35.5. The molecule has 1 unspecified atom stereocenters. The molecule has 1 aliphatic carbocycles. The van der Waals surface area contributed by atoms with Gasteiger partial charge in [-0.15, -0.1) is 0 Å². The van der Waals surface area contributed by atoms with Crippen molar-refractivity contribution < 1.29 is 14.7 Å². The molecular formula is C14H11Cl2NO3. The van der Waals surface area contributed by atoms with Crippen LogP contribution in [0.4, 0.5) is 0 Å². The number of hydrogen-bond donors (Lipinski definition) is 2. The molecule has 104 valence electrons. The first-order chi connectivity index (χ1) is 9.49. The summed E-state index contributed by atoms with van der Waals surface area (Å²) in [4.78, 5) is 23.7. The molecule has 6 heteroatoms. The number of nitrogens with one attached hydrogen (secondary N) is 1. The zero-order valence-electron chi connectivity index (χ0n) is 10.4. The number of hydrogen-bond acceptors (Lipinski definition) is 3. The summed E-state index contributed by atoms with van der Waals surface area (Å²) in [6.07, 6.45) is 2.10. The van der Waals surface area contributed by atoms with E-state index in [0.717, 1.165) is 6.42 Å². The summed E-state index contributed by atoms with van der Waals surface area (Å²) in [5.41, 5.74) is 1.65. The van der Waals surface area contributed by atoms with Crippen LogP contribution in [0, 0.1) is 0 Å². The molecule has 1 aromatic rings. The van der Waals surface area contributed by atoms with E-state index in [2.05, 4.69) is 5.32 Å². The van der Waals surface area contributed by atoms with Crippen molar-refractivity contribution in [1.29, 1.82) is 0 Å². The molecule has 0 saturated heterocycles. The molecule has 0 spiro atoms. The molecule has 0 saturated carbocycles. The number of imide groups is 1. The molecule has 0 aromatic heterocycles. The van der Waals surface area contributed by atoms with E-state index >= 15 is 0 Å². The average molecular weight is 312 g/mol. The predicted octanol–water partition coefficient (Wildman–Crippen LogP) is 2.92. The van der Waals surface area contributed by atoms with Crippen molar-refractivity contribution in [1.82, 2.24) is 5.32 Å². The minimum absolute atomic E-state index is 0.0801. The molecule has 0 bridgehead atoms. The van der Waals surface area contributed by atoms with Gasteiger partial charge in [-0.25, -0.2) is 0 Å². The standard InChI is InChI=1S/C14H11Cl2NO3/c15-9-5-10(16)11(18)4-8(9)6-2-1-3-7-12(6)14(20)17-13(7)19/h4-6,18H,1-3H2,(H,17,19,20). The fourth-order valence-corrected chi connectivity index (χ4v) is 3.40. The van der Waals surface area contributed by atoms with Gasteiger partial charge in [0.05, 0.1) is 5.02 Å². The first-order valence-electron chi connectivity index (χ1n) is 6.25. The van der Waals surface area contributed by atoms with E-state index in [1.165, 1.54) is 12.1 Å². The lowest BCUT2D eigenvalue weighted by molar-refractivity contribution is -0.124. The Hall–Kier alpha value is -1.52. The molecule has 2 aliphatic rings. The Labute approximate surface area is 125 Å². The number of phenolic OH excluding ortho intramolecular Hbond substituents is 1. The third kappa shape index (κ3) is 2.00. The largest absolute Gasteiger partial charge is 0.506 e. The minimum atomic E-state index is -0.361. The van der Waals surface area contributed by atoms with E-state index in [4.69, 9.17) is 23.2 Å². The summed E-state index contributed by atoms with van der Waals surface area (Å²) >= 11 is 12.0. The van der Waals surface area contributed by atoms with Crippen molar-refractivity contribution in [2.24, 2.45) is 0 Å². The number of aromatic hydroxyl groups is 1. The highest BCUT2D eigenvalue weighted by Crippen LogP contribution is 2.44. The van der Waals surface area contributed by atoms with Crippen LogP contribution in [-0.2, 0) is 9.59 Å². The Morgan fingerprint density at radius 2 is 1.90 bits per heavy atom. The van der Waals surface area contributed by atoms with Gasteiger partial charge in [0.2, 0.25) is 0 Å². The molecule has 0 fully saturated rings. The first kappa shape index (κ1) is 13.5. The van der Waals surface area contributed by atoms with Crippen molar-refractivity contribution in [3.05, 3.63) is 38.9 Å². The van der Waals surface area contributed by atoms with Crippen LogP contribution in [0.3, 0.4) is 0 Å². The summed E-state index contributed by atoms with van der Waals surface area (Å²) in [6, 6.07) is 2.93. The van der Waals surface area contributed by atoms with Gasteiger partial charge in [-0.3, -0.25) is 14.9 Å². The van der Waals surface area contributed by atoms with Crippen LogP contribution >= 0.6 is 23.2 Å². The molecule has 1 aromatic carbocycles. The first-order valence-corrected chi connectivity index (χ1v) is 7.01. The molecule has 20 heavy (non-hydrogen) atoms. The summed E-state index contributed by atoms with van der Waals surface area (Å²) in [7, 11) is 0. The average Bonchev–Trinajstić information content (AvgIpc) is 2.70. The van der Waals surface area contributed by atoms with Gasteiger partial charge in [-0.2, -0.15) is 0 Å². The molecular weight excluding hydrogens is 301 g/mol. The lowest BCUT2D eigenvalue weighted by Crippen LogP contribution is -2.24. The zero-order valence-corrected chi connectivity index (χ0v) is 11.9. The molecule has 4 nitrogen and oxygen atoms in total. The Morgan fingerprint density at radius 3 is 2.65 bits per heavy atom. The van der Waals surface area contributed by atoms with Crippen LogP contribution in [0.5, 0.6) is 5.75 Å². The molecule has 1 aliphatic heterocycles. The highest BCUT2D eigenvalue weighted by molar-refractivity contribution is 6.36. The Bertz CT molecular complexity index is 667. The van der Waals surface area contributed by atoms with E-state index in [1.807, 2.05) is 0 Å². The summed E-state index contributed by atoms with van der Waals surface area (Å²) in [5.74, 6) is -1.03. The minimum Gasteiger partial charge on any atom is -0.506 e. The quantitative estimate of drug-likeness (QED) is 0.784. The van der Waals surface area contributed by atoms with Crippen molar-refractivity contribution in [2.75, 3.05) is 0 Å². The number of amides is 2. The van der Waals surface area contributed by atoms with Crippen LogP contribution in [0.2, 0.25) is 10.0 Å². The van der Waals surface area contributed by atoms with Crippen molar-refractivity contribution in [3.8, 4) is 5.75 Å². The normalized spacial score (nSPS) is 22.0. The van der Waals surface area contributed by atoms with Crippen molar-refractivity contribution in [2.45, 2.75) is 25.2 Å². The topological polar surface area (TPSA) is 66.4 Å². The van der Waals surface area contributed by atoms with Gasteiger partial charge in [-0.05, 0) is 37.0 Å². The second kappa shape index (κ2) is 4.79. The van der Waals surface area contributed by atoms with Crippen LogP contribution in [-0.4, -0.2) is 16.9 Å². The highest BCUT2D eigenvalue weighted by Gasteiger charge is 2.38. The zero-order chi connectivity index (χ0) is 14.4. The fraction of sp³-hybridized carbons (Fsp3) is 0.286. The van der Waals surface area contributed by atoms with E-state index in [1.54, 1.807) is 0 Å². The van der Waals surface area contributed by atoms with Crippen LogP contribution in [0.15, 0.2) is 23.3 Å². The fourth-order valence-electron chi connectivity index (χ4n) is 2.88. The predicted molar refractivity (Wildman–Crippen MR) is 74.9 cm³/mol. The number of carbonyl (C=O) groups excluding carboxylic acids is 2. The second-order valence-electron chi connectivity index (χ2n) is 4.95. The maximum Gasteiger partial charge on any atom is 0.255 e. The van der Waals surface area contributed by atoms with Crippen molar-refractivity contribution >= 4 is 35.0 Å². The monoisotopic (exact) mass is 311 g/mol. The van der Waals surface area contributed by atoms with Gasteiger partial charge >= 0.3 is 0 Å². The number of benzene rings is 1.